The number of aryl methyl sites for hydroxylation is 1. The highest BCUT2D eigenvalue weighted by Crippen LogP contribution is 2.27. The number of rotatable bonds is 4. The molecule has 0 bridgehead atoms. The number of nitrogens with two attached hydrogens (primary N) is 1. The van der Waals surface area contributed by atoms with E-state index in [-0.39, 0.29) is 11.4 Å². The monoisotopic (exact) mass is 316 g/mol. The molecule has 2 amide bonds. The highest BCUT2D eigenvalue weighted by Gasteiger charge is 2.34. The Labute approximate surface area is 121 Å². The van der Waals surface area contributed by atoms with Crippen LogP contribution >= 0.6 is 0 Å². The lowest BCUT2D eigenvalue weighted by molar-refractivity contribution is -0.141. The predicted octanol–water partition coefficient (Wildman–Crippen LogP) is 0.996. The number of hydrogen-bond donors (Lipinski definition) is 3. The second-order valence-electron chi connectivity index (χ2n) is 4.23. The quantitative estimate of drug-likeness (QED) is 0.779. The molecule has 4 N–H and O–H groups in total. The first-order valence-electron chi connectivity index (χ1n) is 6.03. The van der Waals surface area contributed by atoms with Crippen LogP contribution in [0.5, 0.6) is 0 Å². The zero-order valence-corrected chi connectivity index (χ0v) is 11.2. The van der Waals surface area contributed by atoms with Crippen LogP contribution in [-0.2, 0) is 12.7 Å². The van der Waals surface area contributed by atoms with Crippen molar-refractivity contribution in [2.24, 2.45) is 5.73 Å². The predicted molar refractivity (Wildman–Crippen MR) is 68.0 cm³/mol. The van der Waals surface area contributed by atoms with Crippen LogP contribution in [0.3, 0.4) is 0 Å². The van der Waals surface area contributed by atoms with E-state index in [1.807, 2.05) is 0 Å². The number of aromatic nitrogens is 4. The third-order valence-electron chi connectivity index (χ3n) is 2.68. The summed E-state index contributed by atoms with van der Waals surface area (Å²) in [5.74, 6) is -1.80. The summed E-state index contributed by atoms with van der Waals surface area (Å²) in [6.45, 7) is 2.16. The first-order valence-corrected chi connectivity index (χ1v) is 6.03. The maximum atomic E-state index is 12.4. The number of hydrogen-bond acceptors (Lipinski definition) is 4. The standard InChI is InChI=1S/C11H11F3N6O2/c1-2-20-4-6(8(19-20)9(15)21)16-10(22)5-3-7(18-17-5)11(12,13)14/h3-4H,2H2,1H3,(H2,15,21)(H,16,22)(H,17,18). The van der Waals surface area contributed by atoms with E-state index in [1.165, 1.54) is 10.9 Å². The Balaban J connectivity index is 2.24. The summed E-state index contributed by atoms with van der Waals surface area (Å²) < 4.78 is 38.6. The van der Waals surface area contributed by atoms with Crippen LogP contribution in [0.4, 0.5) is 18.9 Å². The number of amides is 2. The second kappa shape index (κ2) is 5.50. The number of H-pyrrole nitrogens is 1. The van der Waals surface area contributed by atoms with Gasteiger partial charge < -0.3 is 11.1 Å². The number of nitrogens with one attached hydrogen (secondary N) is 2. The SMILES string of the molecule is CCn1cc(NC(=O)c2cc(C(F)(F)F)[nH]n2)c(C(N)=O)n1. The molecule has 0 aromatic carbocycles. The van der Waals surface area contributed by atoms with Crippen molar-refractivity contribution < 1.29 is 22.8 Å². The molecule has 0 atom stereocenters. The molecule has 0 saturated heterocycles. The van der Waals surface area contributed by atoms with Crippen LogP contribution in [0.2, 0.25) is 0 Å². The fraction of sp³-hybridized carbons (Fsp3) is 0.273. The second-order valence-corrected chi connectivity index (χ2v) is 4.23. The Morgan fingerprint density at radius 1 is 1.45 bits per heavy atom. The van der Waals surface area contributed by atoms with Crippen LogP contribution in [0.15, 0.2) is 12.3 Å². The average Bonchev–Trinajstić information content (AvgIpc) is 3.04. The molecule has 2 aromatic heterocycles. The Hall–Kier alpha value is -2.85. The van der Waals surface area contributed by atoms with E-state index in [4.69, 9.17) is 5.73 Å². The Morgan fingerprint density at radius 3 is 2.64 bits per heavy atom. The summed E-state index contributed by atoms with van der Waals surface area (Å²) in [4.78, 5) is 23.1. The molecule has 0 aliphatic heterocycles. The van der Waals surface area contributed by atoms with E-state index in [1.54, 1.807) is 12.0 Å². The molecule has 2 aromatic rings. The van der Waals surface area contributed by atoms with E-state index in [2.05, 4.69) is 15.5 Å². The third-order valence-corrected chi connectivity index (χ3v) is 2.68. The van der Waals surface area contributed by atoms with Gasteiger partial charge in [-0.25, -0.2) is 0 Å². The summed E-state index contributed by atoms with van der Waals surface area (Å²) in [7, 11) is 0. The highest BCUT2D eigenvalue weighted by molar-refractivity contribution is 6.07. The van der Waals surface area contributed by atoms with Crippen molar-refractivity contribution in [3.63, 3.8) is 0 Å². The summed E-state index contributed by atoms with van der Waals surface area (Å²) in [5, 5.41) is 11.1. The van der Waals surface area contributed by atoms with E-state index in [9.17, 15) is 22.8 Å². The van der Waals surface area contributed by atoms with Crippen molar-refractivity contribution in [1.82, 2.24) is 20.0 Å². The molecule has 0 aliphatic carbocycles. The number of alkyl halides is 3. The normalized spacial score (nSPS) is 11.5. The molecule has 0 unspecified atom stereocenters. The van der Waals surface area contributed by atoms with Crippen LogP contribution in [0, 0.1) is 0 Å². The molecule has 0 spiro atoms. The smallest absolute Gasteiger partial charge is 0.364 e. The number of aromatic amines is 1. The summed E-state index contributed by atoms with van der Waals surface area (Å²) in [5.41, 5.74) is 3.29. The van der Waals surface area contributed by atoms with Gasteiger partial charge in [0.25, 0.3) is 11.8 Å². The van der Waals surface area contributed by atoms with Gasteiger partial charge in [0, 0.05) is 18.8 Å². The van der Waals surface area contributed by atoms with Gasteiger partial charge >= 0.3 is 6.18 Å². The van der Waals surface area contributed by atoms with Crippen molar-refractivity contribution >= 4 is 17.5 Å². The minimum Gasteiger partial charge on any atom is -0.364 e. The first-order chi connectivity index (χ1) is 10.2. The van der Waals surface area contributed by atoms with Crippen molar-refractivity contribution in [3.05, 3.63) is 29.3 Å². The maximum Gasteiger partial charge on any atom is 0.432 e. The van der Waals surface area contributed by atoms with Gasteiger partial charge in [-0.15, -0.1) is 0 Å². The van der Waals surface area contributed by atoms with Gasteiger partial charge in [0.2, 0.25) is 0 Å². The van der Waals surface area contributed by atoms with Crippen molar-refractivity contribution in [1.29, 1.82) is 0 Å². The van der Waals surface area contributed by atoms with Gasteiger partial charge in [-0.05, 0) is 6.92 Å². The lowest BCUT2D eigenvalue weighted by Crippen LogP contribution is -2.18. The van der Waals surface area contributed by atoms with E-state index < -0.39 is 29.4 Å². The van der Waals surface area contributed by atoms with Crippen LogP contribution in [0.25, 0.3) is 0 Å². The van der Waals surface area contributed by atoms with Gasteiger partial charge in [0.05, 0.1) is 5.69 Å². The van der Waals surface area contributed by atoms with Crippen LogP contribution in [0.1, 0.15) is 33.6 Å². The Morgan fingerprint density at radius 2 is 2.14 bits per heavy atom. The molecule has 11 heteroatoms. The largest absolute Gasteiger partial charge is 0.432 e. The van der Waals surface area contributed by atoms with Crippen molar-refractivity contribution in [3.8, 4) is 0 Å². The molecule has 0 radical (unpaired) electrons. The number of nitrogens with zero attached hydrogens (tertiary/aromatic N) is 3. The van der Waals surface area contributed by atoms with E-state index in [0.717, 1.165) is 0 Å². The van der Waals surface area contributed by atoms with Gasteiger partial charge in [-0.3, -0.25) is 19.4 Å². The lowest BCUT2D eigenvalue weighted by atomic mass is 10.3. The lowest BCUT2D eigenvalue weighted by Gasteiger charge is -2.01. The molecule has 0 aliphatic rings. The van der Waals surface area contributed by atoms with Crippen LogP contribution in [-0.4, -0.2) is 31.8 Å². The minimum absolute atomic E-state index is 0.00379. The molecule has 22 heavy (non-hydrogen) atoms. The maximum absolute atomic E-state index is 12.4. The number of carbonyl (C=O) groups is 2. The number of primary amides is 1. The highest BCUT2D eigenvalue weighted by atomic mass is 19.4. The Kier molecular flexibility index (Phi) is 3.89. The summed E-state index contributed by atoms with van der Waals surface area (Å²) in [6, 6.07) is 0.559. The fourth-order valence-electron chi connectivity index (χ4n) is 1.63. The topological polar surface area (TPSA) is 119 Å². The molecular formula is C11H11F3N6O2. The van der Waals surface area contributed by atoms with Gasteiger partial charge in [-0.2, -0.15) is 23.4 Å². The number of anilines is 1. The number of halogens is 3. The molecule has 8 nitrogen and oxygen atoms in total. The molecular weight excluding hydrogens is 305 g/mol. The average molecular weight is 316 g/mol. The van der Waals surface area contributed by atoms with Gasteiger partial charge in [-0.1, -0.05) is 0 Å². The van der Waals surface area contributed by atoms with E-state index >= 15 is 0 Å². The van der Waals surface area contributed by atoms with Gasteiger partial charge in [0.1, 0.15) is 5.69 Å². The van der Waals surface area contributed by atoms with Gasteiger partial charge in [0.15, 0.2) is 11.4 Å². The minimum atomic E-state index is -4.64. The molecule has 2 heterocycles. The molecule has 0 fully saturated rings. The molecule has 0 saturated carbocycles. The summed E-state index contributed by atoms with van der Waals surface area (Å²) in [6.07, 6.45) is -3.30. The summed E-state index contributed by atoms with van der Waals surface area (Å²) >= 11 is 0. The van der Waals surface area contributed by atoms with Crippen molar-refractivity contribution in [2.45, 2.75) is 19.6 Å². The van der Waals surface area contributed by atoms with Crippen molar-refractivity contribution in [2.75, 3.05) is 5.32 Å². The number of carbonyl (C=O) groups excluding carboxylic acids is 2. The van der Waals surface area contributed by atoms with E-state index in [0.29, 0.717) is 12.6 Å². The third kappa shape index (κ3) is 3.07. The Bertz CT molecular complexity index is 718. The molecule has 2 rings (SSSR count). The fourth-order valence-corrected chi connectivity index (χ4v) is 1.63. The first kappa shape index (κ1) is 15.5. The zero-order valence-electron chi connectivity index (χ0n) is 11.2. The van der Waals surface area contributed by atoms with Crippen LogP contribution < -0.4 is 11.1 Å². The zero-order chi connectivity index (χ0) is 16.5. The molecule has 118 valence electrons.